The normalized spacial score (nSPS) is 10.5. The Kier molecular flexibility index (Phi) is 1.50. The highest BCUT2D eigenvalue weighted by molar-refractivity contribution is 5.45. The molecule has 0 aliphatic carbocycles. The van der Waals surface area contributed by atoms with Crippen molar-refractivity contribution >= 4 is 5.65 Å². The molecule has 0 N–H and O–H groups in total. The van der Waals surface area contributed by atoms with Crippen LogP contribution >= 0.6 is 0 Å². The summed E-state index contributed by atoms with van der Waals surface area (Å²) in [7, 11) is 1.65. The molecule has 3 nitrogen and oxygen atoms in total. The van der Waals surface area contributed by atoms with Crippen LogP contribution in [0.1, 0.15) is 5.69 Å². The van der Waals surface area contributed by atoms with E-state index in [-0.39, 0.29) is 0 Å². The van der Waals surface area contributed by atoms with Gasteiger partial charge in [0.15, 0.2) is 0 Å². The molecule has 2 aromatic heterocycles. The van der Waals surface area contributed by atoms with Crippen LogP contribution in [-0.2, 0) is 0 Å². The first-order valence-electron chi connectivity index (χ1n) is 3.79. The van der Waals surface area contributed by atoms with Crippen molar-refractivity contribution in [2.45, 2.75) is 6.92 Å². The first-order valence-corrected chi connectivity index (χ1v) is 3.79. The Balaban J connectivity index is 2.66. The Morgan fingerprint density at radius 3 is 3.08 bits per heavy atom. The van der Waals surface area contributed by atoms with Crippen molar-refractivity contribution in [2.24, 2.45) is 0 Å². The molecule has 0 radical (unpaired) electrons. The molecule has 0 saturated carbocycles. The highest BCUT2D eigenvalue weighted by Gasteiger charge is 1.97. The lowest BCUT2D eigenvalue weighted by Crippen LogP contribution is -1.85. The standard InChI is InChI=1S/C9H10N2O/c1-7-6-11-4-3-8(12-2)5-9(11)10-7/h3-6H,1-2H3. The number of nitrogens with zero attached hydrogens (tertiary/aromatic N) is 2. The van der Waals surface area contributed by atoms with Crippen molar-refractivity contribution in [1.82, 2.24) is 9.38 Å². The quantitative estimate of drug-likeness (QED) is 0.637. The first kappa shape index (κ1) is 7.16. The molecule has 0 saturated heterocycles. The Morgan fingerprint density at radius 2 is 2.33 bits per heavy atom. The molecule has 0 amide bonds. The fraction of sp³-hybridized carbons (Fsp3) is 0.222. The van der Waals surface area contributed by atoms with Gasteiger partial charge in [-0.25, -0.2) is 4.98 Å². The van der Waals surface area contributed by atoms with Gasteiger partial charge in [-0.1, -0.05) is 0 Å². The average Bonchev–Trinajstić information content (AvgIpc) is 2.43. The van der Waals surface area contributed by atoms with Crippen LogP contribution in [0.15, 0.2) is 24.5 Å². The number of pyridine rings is 1. The van der Waals surface area contributed by atoms with Gasteiger partial charge in [0, 0.05) is 18.5 Å². The van der Waals surface area contributed by atoms with Gasteiger partial charge in [0.2, 0.25) is 0 Å². The third kappa shape index (κ3) is 1.03. The number of rotatable bonds is 1. The number of hydrogen-bond acceptors (Lipinski definition) is 2. The van der Waals surface area contributed by atoms with E-state index in [0.29, 0.717) is 0 Å². The minimum atomic E-state index is 0.841. The minimum absolute atomic E-state index is 0.841. The van der Waals surface area contributed by atoms with E-state index in [4.69, 9.17) is 4.74 Å². The van der Waals surface area contributed by atoms with E-state index in [1.165, 1.54) is 0 Å². The summed E-state index contributed by atoms with van der Waals surface area (Å²) in [4.78, 5) is 4.30. The maximum atomic E-state index is 5.08. The van der Waals surface area contributed by atoms with E-state index >= 15 is 0 Å². The van der Waals surface area contributed by atoms with Gasteiger partial charge in [0.25, 0.3) is 0 Å². The van der Waals surface area contributed by atoms with Crippen LogP contribution in [0.25, 0.3) is 5.65 Å². The van der Waals surface area contributed by atoms with E-state index in [0.717, 1.165) is 17.1 Å². The molecule has 0 aliphatic rings. The topological polar surface area (TPSA) is 26.5 Å². The summed E-state index contributed by atoms with van der Waals surface area (Å²) >= 11 is 0. The maximum Gasteiger partial charge on any atom is 0.140 e. The van der Waals surface area contributed by atoms with E-state index < -0.39 is 0 Å². The predicted octanol–water partition coefficient (Wildman–Crippen LogP) is 1.65. The molecule has 12 heavy (non-hydrogen) atoms. The van der Waals surface area contributed by atoms with Crippen molar-refractivity contribution in [1.29, 1.82) is 0 Å². The summed E-state index contributed by atoms with van der Waals surface area (Å²) < 4.78 is 7.05. The zero-order valence-electron chi connectivity index (χ0n) is 7.11. The van der Waals surface area contributed by atoms with E-state index in [2.05, 4.69) is 4.98 Å². The summed E-state index contributed by atoms with van der Waals surface area (Å²) in [6, 6.07) is 3.82. The monoisotopic (exact) mass is 162 g/mol. The lowest BCUT2D eigenvalue weighted by molar-refractivity contribution is 0.414. The zero-order chi connectivity index (χ0) is 8.55. The number of ether oxygens (including phenoxy) is 1. The summed E-state index contributed by atoms with van der Waals surface area (Å²) in [5, 5.41) is 0. The van der Waals surface area contributed by atoms with Crippen molar-refractivity contribution in [2.75, 3.05) is 7.11 Å². The van der Waals surface area contributed by atoms with Crippen molar-refractivity contribution in [3.05, 3.63) is 30.2 Å². The Bertz CT molecular complexity index is 406. The van der Waals surface area contributed by atoms with Gasteiger partial charge in [0.1, 0.15) is 11.4 Å². The SMILES string of the molecule is COc1ccn2cc(C)nc2c1. The summed E-state index contributed by atoms with van der Waals surface area (Å²) in [5.41, 5.74) is 1.94. The molecule has 0 unspecified atom stereocenters. The molecule has 3 heteroatoms. The van der Waals surface area contributed by atoms with Gasteiger partial charge in [-0.05, 0) is 13.0 Å². The van der Waals surface area contributed by atoms with Crippen molar-refractivity contribution < 1.29 is 4.74 Å². The molecule has 0 bridgehead atoms. The van der Waals surface area contributed by atoms with Gasteiger partial charge in [-0.3, -0.25) is 0 Å². The van der Waals surface area contributed by atoms with Crippen LogP contribution in [0.3, 0.4) is 0 Å². The Labute approximate surface area is 70.6 Å². The molecule has 0 fully saturated rings. The lowest BCUT2D eigenvalue weighted by atomic mass is 10.4. The van der Waals surface area contributed by atoms with Crippen LogP contribution in [-0.4, -0.2) is 16.5 Å². The van der Waals surface area contributed by atoms with Crippen LogP contribution < -0.4 is 4.74 Å². The second-order valence-corrected chi connectivity index (χ2v) is 2.71. The number of methoxy groups -OCH3 is 1. The summed E-state index contributed by atoms with van der Waals surface area (Å²) in [6.45, 7) is 1.97. The molecular formula is C9H10N2O. The molecule has 62 valence electrons. The van der Waals surface area contributed by atoms with Crippen LogP contribution in [0, 0.1) is 6.92 Å². The van der Waals surface area contributed by atoms with E-state index in [1.807, 2.05) is 35.9 Å². The van der Waals surface area contributed by atoms with Crippen molar-refractivity contribution in [3.8, 4) is 5.75 Å². The van der Waals surface area contributed by atoms with Gasteiger partial charge in [-0.15, -0.1) is 0 Å². The molecule has 2 heterocycles. The predicted molar refractivity (Wildman–Crippen MR) is 46.5 cm³/mol. The second kappa shape index (κ2) is 2.52. The third-order valence-electron chi connectivity index (χ3n) is 1.79. The number of imidazole rings is 1. The molecule has 2 aromatic rings. The largest absolute Gasteiger partial charge is 0.497 e. The molecule has 0 aliphatic heterocycles. The third-order valence-corrected chi connectivity index (χ3v) is 1.79. The van der Waals surface area contributed by atoms with Gasteiger partial charge < -0.3 is 9.14 Å². The number of aromatic nitrogens is 2. The van der Waals surface area contributed by atoms with Crippen LogP contribution in [0.2, 0.25) is 0 Å². The Morgan fingerprint density at radius 1 is 1.50 bits per heavy atom. The zero-order valence-corrected chi connectivity index (χ0v) is 7.11. The molecule has 0 atom stereocenters. The number of fused-ring (bicyclic) bond motifs is 1. The smallest absolute Gasteiger partial charge is 0.140 e. The fourth-order valence-electron chi connectivity index (χ4n) is 1.22. The van der Waals surface area contributed by atoms with Crippen LogP contribution in [0.4, 0.5) is 0 Å². The highest BCUT2D eigenvalue weighted by Crippen LogP contribution is 2.13. The van der Waals surface area contributed by atoms with Gasteiger partial charge >= 0.3 is 0 Å². The average molecular weight is 162 g/mol. The lowest BCUT2D eigenvalue weighted by Gasteiger charge is -1.98. The van der Waals surface area contributed by atoms with Gasteiger partial charge in [0.05, 0.1) is 12.8 Å². The van der Waals surface area contributed by atoms with Crippen LogP contribution in [0.5, 0.6) is 5.75 Å². The van der Waals surface area contributed by atoms with E-state index in [1.54, 1.807) is 7.11 Å². The maximum absolute atomic E-state index is 5.08. The molecule has 2 rings (SSSR count). The van der Waals surface area contributed by atoms with Crippen molar-refractivity contribution in [3.63, 3.8) is 0 Å². The highest BCUT2D eigenvalue weighted by atomic mass is 16.5. The second-order valence-electron chi connectivity index (χ2n) is 2.71. The molecular weight excluding hydrogens is 152 g/mol. The molecule has 0 spiro atoms. The number of hydrogen-bond donors (Lipinski definition) is 0. The summed E-state index contributed by atoms with van der Waals surface area (Å²) in [5.74, 6) is 0.841. The Hall–Kier alpha value is -1.51. The minimum Gasteiger partial charge on any atom is -0.497 e. The van der Waals surface area contributed by atoms with E-state index in [9.17, 15) is 0 Å². The summed E-state index contributed by atoms with van der Waals surface area (Å²) in [6.07, 6.45) is 3.92. The molecule has 0 aromatic carbocycles. The van der Waals surface area contributed by atoms with Gasteiger partial charge in [-0.2, -0.15) is 0 Å². The fourth-order valence-corrected chi connectivity index (χ4v) is 1.22. The first-order chi connectivity index (χ1) is 5.79. The number of aryl methyl sites for hydroxylation is 1.